The average molecular weight is 624 g/mol. The second-order valence-electron chi connectivity index (χ2n) is 11.6. The summed E-state index contributed by atoms with van der Waals surface area (Å²) in [6, 6.07) is 30.0. The van der Waals surface area contributed by atoms with Gasteiger partial charge in [0.1, 0.15) is 5.76 Å². The number of hydrogen-bond donors (Lipinski definition) is 4. The van der Waals surface area contributed by atoms with Crippen LogP contribution in [0.15, 0.2) is 144 Å². The molecule has 6 rings (SSSR count). The normalized spacial score (nSPS) is 16.0. The highest BCUT2D eigenvalue weighted by atomic mass is 32.2. The van der Waals surface area contributed by atoms with Gasteiger partial charge in [-0.3, -0.25) is 0 Å². The molecule has 46 heavy (non-hydrogen) atoms. The Morgan fingerprint density at radius 1 is 0.739 bits per heavy atom. The van der Waals surface area contributed by atoms with E-state index in [0.717, 1.165) is 56.1 Å². The van der Waals surface area contributed by atoms with E-state index in [4.69, 9.17) is 0 Å². The van der Waals surface area contributed by atoms with Gasteiger partial charge in [-0.25, -0.2) is 0 Å². The van der Waals surface area contributed by atoms with Crippen molar-refractivity contribution in [3.8, 4) is 0 Å². The third kappa shape index (κ3) is 6.33. The van der Waals surface area contributed by atoms with E-state index < -0.39 is 11.5 Å². The van der Waals surface area contributed by atoms with Crippen LogP contribution in [-0.2, 0) is 6.42 Å². The summed E-state index contributed by atoms with van der Waals surface area (Å²) in [6.45, 7) is 5.91. The van der Waals surface area contributed by atoms with Crippen molar-refractivity contribution in [2.24, 2.45) is 0 Å². The summed E-state index contributed by atoms with van der Waals surface area (Å²) in [5, 5.41) is 42.2. The number of aliphatic hydroxyl groups excluding tert-OH is 3. The van der Waals surface area contributed by atoms with Crippen LogP contribution in [0.3, 0.4) is 0 Å². The van der Waals surface area contributed by atoms with E-state index in [0.29, 0.717) is 11.1 Å². The molecule has 230 valence electrons. The second-order valence-corrected chi connectivity index (χ2v) is 12.6. The number of fused-ring (bicyclic) bond motifs is 4. The summed E-state index contributed by atoms with van der Waals surface area (Å²) < 4.78 is 0. The maximum Gasteiger partial charge on any atom is 0.174 e. The van der Waals surface area contributed by atoms with E-state index in [1.807, 2.05) is 93.6 Å². The van der Waals surface area contributed by atoms with Crippen LogP contribution in [0.1, 0.15) is 34.7 Å². The minimum Gasteiger partial charge on any atom is -0.507 e. The molecule has 0 saturated carbocycles. The zero-order valence-corrected chi connectivity index (χ0v) is 27.0. The molecule has 4 nitrogen and oxygen atoms in total. The zero-order chi connectivity index (χ0) is 32.2. The molecular formula is C41H37NO3S. The van der Waals surface area contributed by atoms with Crippen LogP contribution < -0.4 is 5.32 Å². The van der Waals surface area contributed by atoms with Crippen LogP contribution in [-0.4, -0.2) is 21.1 Å². The first kappa shape index (κ1) is 30.9. The Morgan fingerprint density at radius 3 is 2.28 bits per heavy atom. The fourth-order valence-electron chi connectivity index (χ4n) is 5.79. The largest absolute Gasteiger partial charge is 0.507 e. The van der Waals surface area contributed by atoms with Crippen LogP contribution in [0.4, 0.5) is 5.69 Å². The molecule has 5 aromatic rings. The number of nitrogens with one attached hydrogen (secondary N) is 1. The molecule has 0 aliphatic carbocycles. The second kappa shape index (κ2) is 13.5. The molecule has 0 amide bonds. The standard InChI is InChI=1S/C41H37NO3S/c1-26-17-18-29(22-27(26)2)28(3)40(44)39(36-24-30-12-7-8-14-33(30)34-15-9-10-16-35(34)36)41(45)37(43)25-42-32-19-20-38-31(23-32)13-6-4-5-11-21-46-38/h4-12,14-20,22-25,42-45H,13,21H2,1-3H3/b6-4-,11-5-,37-25-,40-28+,41-39+. The van der Waals surface area contributed by atoms with Crippen molar-refractivity contribution in [3.05, 3.63) is 167 Å². The molecule has 4 N–H and O–H groups in total. The molecule has 0 fully saturated rings. The lowest BCUT2D eigenvalue weighted by molar-refractivity contribution is 0.325. The Morgan fingerprint density at radius 2 is 1.48 bits per heavy atom. The number of benzene rings is 5. The van der Waals surface area contributed by atoms with Crippen molar-refractivity contribution in [2.45, 2.75) is 32.1 Å². The van der Waals surface area contributed by atoms with Gasteiger partial charge in [0.25, 0.3) is 0 Å². The third-order valence-electron chi connectivity index (χ3n) is 8.54. The van der Waals surface area contributed by atoms with Gasteiger partial charge in [-0.15, -0.1) is 11.8 Å². The van der Waals surface area contributed by atoms with Gasteiger partial charge in [0.2, 0.25) is 0 Å². The predicted molar refractivity (Wildman–Crippen MR) is 196 cm³/mol. The molecular weight excluding hydrogens is 587 g/mol. The van der Waals surface area contributed by atoms with E-state index >= 15 is 0 Å². The van der Waals surface area contributed by atoms with Crippen LogP contribution in [0.25, 0.3) is 32.7 Å². The summed E-state index contributed by atoms with van der Waals surface area (Å²) in [5.41, 5.74) is 6.38. The summed E-state index contributed by atoms with van der Waals surface area (Å²) in [6.07, 6.45) is 10.6. The zero-order valence-electron chi connectivity index (χ0n) is 26.2. The first-order valence-electron chi connectivity index (χ1n) is 15.4. The number of allylic oxidation sites excluding steroid dienone is 5. The van der Waals surface area contributed by atoms with Crippen molar-refractivity contribution in [1.29, 1.82) is 0 Å². The lowest BCUT2D eigenvalue weighted by Crippen LogP contribution is -2.03. The van der Waals surface area contributed by atoms with Gasteiger partial charge in [-0.1, -0.05) is 91.0 Å². The molecule has 0 spiro atoms. The van der Waals surface area contributed by atoms with Gasteiger partial charge >= 0.3 is 0 Å². The Balaban J connectivity index is 1.50. The van der Waals surface area contributed by atoms with E-state index in [-0.39, 0.29) is 11.3 Å². The fourth-order valence-corrected chi connectivity index (χ4v) is 6.67. The summed E-state index contributed by atoms with van der Waals surface area (Å²) in [5.74, 6) is -0.0424. The SMILES string of the molecule is C/C(=C(O)/C(=C(O)\C(O)=C\Nc1ccc2c(c1)C/C=C\C=C/CS2)c1cc2ccccc2c2ccccc12)c1ccc(C)c(C)c1. The highest BCUT2D eigenvalue weighted by molar-refractivity contribution is 7.99. The monoisotopic (exact) mass is 623 g/mol. The van der Waals surface area contributed by atoms with Crippen LogP contribution >= 0.6 is 11.8 Å². The number of aryl methyl sites for hydroxylation is 2. The Hall–Kier alpha value is -5.13. The molecule has 0 aromatic heterocycles. The van der Waals surface area contributed by atoms with Gasteiger partial charge in [0.05, 0.1) is 5.57 Å². The highest BCUT2D eigenvalue weighted by Crippen LogP contribution is 2.39. The Labute approximate surface area is 274 Å². The maximum absolute atomic E-state index is 12.0. The molecule has 0 radical (unpaired) electrons. The third-order valence-corrected chi connectivity index (χ3v) is 9.61. The summed E-state index contributed by atoms with van der Waals surface area (Å²) in [4.78, 5) is 1.21. The van der Waals surface area contributed by atoms with Crippen LogP contribution in [0, 0.1) is 13.8 Å². The fraction of sp³-hybridized carbons (Fsp3) is 0.122. The van der Waals surface area contributed by atoms with E-state index in [1.165, 1.54) is 16.7 Å². The van der Waals surface area contributed by atoms with E-state index in [2.05, 4.69) is 47.8 Å². The first-order valence-corrected chi connectivity index (χ1v) is 16.4. The van der Waals surface area contributed by atoms with Crippen molar-refractivity contribution in [3.63, 3.8) is 0 Å². The number of rotatable bonds is 6. The van der Waals surface area contributed by atoms with Gasteiger partial charge < -0.3 is 20.6 Å². The number of anilines is 1. The number of thioether (sulfide) groups is 1. The average Bonchev–Trinajstić information content (AvgIpc) is 3.20. The van der Waals surface area contributed by atoms with Crippen molar-refractivity contribution < 1.29 is 15.3 Å². The molecule has 5 aromatic carbocycles. The highest BCUT2D eigenvalue weighted by Gasteiger charge is 2.22. The van der Waals surface area contributed by atoms with Gasteiger partial charge in [-0.2, -0.15) is 0 Å². The number of hydrogen-bond acceptors (Lipinski definition) is 5. The van der Waals surface area contributed by atoms with Crippen molar-refractivity contribution in [1.82, 2.24) is 0 Å². The number of aliphatic hydroxyl groups is 3. The van der Waals surface area contributed by atoms with Gasteiger partial charge in [0.15, 0.2) is 11.5 Å². The quantitative estimate of drug-likeness (QED) is 0.0860. The minimum atomic E-state index is -0.430. The summed E-state index contributed by atoms with van der Waals surface area (Å²) in [7, 11) is 0. The molecule has 0 atom stereocenters. The van der Waals surface area contributed by atoms with Crippen molar-refractivity contribution >= 4 is 50.1 Å². The minimum absolute atomic E-state index is 0.115. The molecule has 0 bridgehead atoms. The summed E-state index contributed by atoms with van der Waals surface area (Å²) >= 11 is 1.78. The smallest absolute Gasteiger partial charge is 0.174 e. The maximum atomic E-state index is 12.0. The topological polar surface area (TPSA) is 72.7 Å². The molecule has 1 aliphatic heterocycles. The molecule has 1 heterocycles. The predicted octanol–water partition coefficient (Wildman–Crippen LogP) is 11.1. The van der Waals surface area contributed by atoms with E-state index in [1.54, 1.807) is 11.8 Å². The van der Waals surface area contributed by atoms with Crippen LogP contribution in [0.5, 0.6) is 0 Å². The lowest BCUT2D eigenvalue weighted by Gasteiger charge is -2.18. The first-order chi connectivity index (χ1) is 22.3. The van der Waals surface area contributed by atoms with Gasteiger partial charge in [0, 0.05) is 22.5 Å². The Kier molecular flexibility index (Phi) is 9.04. The van der Waals surface area contributed by atoms with Crippen molar-refractivity contribution in [2.75, 3.05) is 11.1 Å². The van der Waals surface area contributed by atoms with E-state index in [9.17, 15) is 15.3 Å². The molecule has 1 aliphatic rings. The molecule has 5 heteroatoms. The Bertz CT molecular complexity index is 2120. The molecule has 0 unspecified atom stereocenters. The molecule has 0 saturated heterocycles. The lowest BCUT2D eigenvalue weighted by atomic mass is 9.89. The van der Waals surface area contributed by atoms with Crippen LogP contribution in [0.2, 0.25) is 0 Å². The van der Waals surface area contributed by atoms with Gasteiger partial charge in [-0.05, 0) is 106 Å².